The van der Waals surface area contributed by atoms with Crippen molar-refractivity contribution in [1.29, 1.82) is 0 Å². The van der Waals surface area contributed by atoms with Crippen molar-refractivity contribution in [2.45, 2.75) is 32.1 Å². The van der Waals surface area contributed by atoms with Crippen LogP contribution in [0.1, 0.15) is 42.5 Å². The van der Waals surface area contributed by atoms with Gasteiger partial charge in [-0.3, -0.25) is 4.89 Å². The van der Waals surface area contributed by atoms with E-state index in [2.05, 4.69) is 0 Å². The second-order valence-corrected chi connectivity index (χ2v) is 4.65. The van der Waals surface area contributed by atoms with Crippen molar-refractivity contribution in [2.24, 2.45) is 0 Å². The van der Waals surface area contributed by atoms with Gasteiger partial charge in [0.1, 0.15) is 17.6 Å². The van der Waals surface area contributed by atoms with E-state index in [4.69, 9.17) is 19.2 Å². The summed E-state index contributed by atoms with van der Waals surface area (Å²) >= 11 is 0. The molecule has 1 aromatic rings. The first kappa shape index (κ1) is 14.7. The largest absolute Gasteiger partial charge is 0.497 e. The Labute approximate surface area is 118 Å². The van der Waals surface area contributed by atoms with Crippen molar-refractivity contribution in [3.63, 3.8) is 0 Å². The molecule has 1 aliphatic rings. The number of hydrogen-bond donors (Lipinski definition) is 0. The van der Waals surface area contributed by atoms with E-state index in [1.54, 1.807) is 18.2 Å². The maximum absolute atomic E-state index is 12.0. The number of carbonyl (C=O) groups excluding carboxylic acids is 1. The van der Waals surface area contributed by atoms with Crippen molar-refractivity contribution in [2.75, 3.05) is 14.2 Å². The summed E-state index contributed by atoms with van der Waals surface area (Å²) in [5.41, 5.74) is 0.331. The molecule has 0 atom stereocenters. The van der Waals surface area contributed by atoms with E-state index in [0.29, 0.717) is 17.1 Å². The van der Waals surface area contributed by atoms with Crippen LogP contribution in [0.25, 0.3) is 0 Å². The van der Waals surface area contributed by atoms with Gasteiger partial charge in [-0.15, -0.1) is 0 Å². The van der Waals surface area contributed by atoms with Crippen LogP contribution in [-0.2, 0) is 9.78 Å². The molecule has 1 aromatic carbocycles. The van der Waals surface area contributed by atoms with Crippen LogP contribution >= 0.6 is 0 Å². The number of hydrogen-bond acceptors (Lipinski definition) is 5. The van der Waals surface area contributed by atoms with E-state index < -0.39 is 5.97 Å². The first-order valence-corrected chi connectivity index (χ1v) is 6.69. The third-order valence-corrected chi connectivity index (χ3v) is 3.23. The lowest BCUT2D eigenvalue weighted by molar-refractivity contribution is -0.239. The van der Waals surface area contributed by atoms with Crippen LogP contribution in [0.5, 0.6) is 11.5 Å². The molecule has 109 valence electrons. The molecule has 0 bridgehead atoms. The van der Waals surface area contributed by atoms with Crippen LogP contribution in [0, 0.1) is 6.10 Å². The SMILES string of the molecule is COc1cc(OC)cc(C(=O)OO[C]2CCCCC2)c1. The minimum atomic E-state index is -0.555. The predicted octanol–water partition coefficient (Wildman–Crippen LogP) is 3.29. The third-order valence-electron chi connectivity index (χ3n) is 3.23. The highest BCUT2D eigenvalue weighted by atomic mass is 17.2. The van der Waals surface area contributed by atoms with Gasteiger partial charge in [-0.2, -0.15) is 4.89 Å². The molecule has 2 rings (SSSR count). The molecule has 0 heterocycles. The fourth-order valence-electron chi connectivity index (χ4n) is 2.10. The van der Waals surface area contributed by atoms with Gasteiger partial charge in [-0.05, 0) is 25.0 Å². The van der Waals surface area contributed by atoms with E-state index in [9.17, 15) is 4.79 Å². The van der Waals surface area contributed by atoms with E-state index >= 15 is 0 Å². The molecule has 0 unspecified atom stereocenters. The van der Waals surface area contributed by atoms with Crippen LogP contribution in [0.15, 0.2) is 18.2 Å². The van der Waals surface area contributed by atoms with Gasteiger partial charge < -0.3 is 9.47 Å². The molecule has 5 heteroatoms. The molecule has 0 amide bonds. The molecular formula is C15H19O5. The monoisotopic (exact) mass is 279 g/mol. The van der Waals surface area contributed by atoms with Gasteiger partial charge in [-0.25, -0.2) is 4.79 Å². The zero-order valence-corrected chi connectivity index (χ0v) is 11.8. The normalized spacial score (nSPS) is 15.7. The second kappa shape index (κ2) is 7.14. The first-order chi connectivity index (χ1) is 9.72. The number of rotatable bonds is 5. The average Bonchev–Trinajstić information content (AvgIpc) is 2.52. The van der Waals surface area contributed by atoms with E-state index in [1.807, 2.05) is 0 Å². The highest BCUT2D eigenvalue weighted by Gasteiger charge is 2.19. The summed E-state index contributed by atoms with van der Waals surface area (Å²) in [6.45, 7) is 0. The van der Waals surface area contributed by atoms with Gasteiger partial charge in [0.15, 0.2) is 0 Å². The summed E-state index contributed by atoms with van der Waals surface area (Å²) in [5, 5.41) is 0. The zero-order chi connectivity index (χ0) is 14.4. The topological polar surface area (TPSA) is 54.0 Å². The van der Waals surface area contributed by atoms with E-state index in [0.717, 1.165) is 31.8 Å². The Morgan fingerprint density at radius 2 is 1.55 bits per heavy atom. The third kappa shape index (κ3) is 3.87. The van der Waals surface area contributed by atoms with Gasteiger partial charge in [0, 0.05) is 6.07 Å². The van der Waals surface area contributed by atoms with Crippen molar-refractivity contribution < 1.29 is 24.0 Å². The molecule has 0 saturated heterocycles. The Morgan fingerprint density at radius 3 is 2.10 bits per heavy atom. The maximum atomic E-state index is 12.0. The molecular weight excluding hydrogens is 260 g/mol. The Balaban J connectivity index is 1.97. The van der Waals surface area contributed by atoms with Crippen molar-refractivity contribution >= 4 is 5.97 Å². The van der Waals surface area contributed by atoms with Gasteiger partial charge >= 0.3 is 5.97 Å². The van der Waals surface area contributed by atoms with E-state index in [1.165, 1.54) is 20.6 Å². The molecule has 0 aliphatic heterocycles. The fourth-order valence-corrected chi connectivity index (χ4v) is 2.10. The molecule has 1 aliphatic carbocycles. The summed E-state index contributed by atoms with van der Waals surface area (Å²) in [4.78, 5) is 22.0. The van der Waals surface area contributed by atoms with Crippen LogP contribution in [0.4, 0.5) is 0 Å². The Kier molecular flexibility index (Phi) is 5.24. The molecule has 1 fully saturated rings. The standard InChI is InChI=1S/C15H19O5/c1-17-13-8-11(9-14(10-13)18-2)15(16)20-19-12-6-4-3-5-7-12/h8-10H,3-7H2,1-2H3. The lowest BCUT2D eigenvalue weighted by Crippen LogP contribution is -2.13. The summed E-state index contributed by atoms with van der Waals surface area (Å²) < 4.78 is 10.2. The zero-order valence-electron chi connectivity index (χ0n) is 11.8. The number of benzene rings is 1. The van der Waals surface area contributed by atoms with Crippen molar-refractivity contribution in [3.8, 4) is 11.5 Å². The Bertz CT molecular complexity index is 429. The van der Waals surface area contributed by atoms with Crippen molar-refractivity contribution in [1.82, 2.24) is 0 Å². The average molecular weight is 279 g/mol. The lowest BCUT2D eigenvalue weighted by Gasteiger charge is -2.18. The molecule has 20 heavy (non-hydrogen) atoms. The number of methoxy groups -OCH3 is 2. The van der Waals surface area contributed by atoms with Gasteiger partial charge in [0.2, 0.25) is 0 Å². The van der Waals surface area contributed by atoms with Gasteiger partial charge in [0.05, 0.1) is 19.8 Å². The summed E-state index contributed by atoms with van der Waals surface area (Å²) in [6.07, 6.45) is 5.91. The van der Waals surface area contributed by atoms with Crippen molar-refractivity contribution in [3.05, 3.63) is 29.9 Å². The fraction of sp³-hybridized carbons (Fsp3) is 0.467. The maximum Gasteiger partial charge on any atom is 0.373 e. The summed E-state index contributed by atoms with van der Waals surface area (Å²) in [7, 11) is 3.05. The Hall–Kier alpha value is -1.75. The van der Waals surface area contributed by atoms with Gasteiger partial charge in [0.25, 0.3) is 0 Å². The molecule has 1 radical (unpaired) electrons. The molecule has 1 saturated carbocycles. The smallest absolute Gasteiger partial charge is 0.373 e. The predicted molar refractivity (Wildman–Crippen MR) is 72.4 cm³/mol. The lowest BCUT2D eigenvalue weighted by atomic mass is 9.98. The molecule has 0 spiro atoms. The highest BCUT2D eigenvalue weighted by Crippen LogP contribution is 2.27. The summed E-state index contributed by atoms with van der Waals surface area (Å²) in [5.74, 6) is 0.503. The summed E-state index contributed by atoms with van der Waals surface area (Å²) in [6, 6.07) is 4.85. The molecule has 0 N–H and O–H groups in total. The molecule has 0 aromatic heterocycles. The van der Waals surface area contributed by atoms with Crippen LogP contribution in [0.3, 0.4) is 0 Å². The number of carbonyl (C=O) groups is 1. The van der Waals surface area contributed by atoms with E-state index in [-0.39, 0.29) is 0 Å². The Morgan fingerprint density at radius 1 is 0.950 bits per heavy atom. The second-order valence-electron chi connectivity index (χ2n) is 4.65. The minimum absolute atomic E-state index is 0.331. The highest BCUT2D eigenvalue weighted by molar-refractivity contribution is 5.90. The minimum Gasteiger partial charge on any atom is -0.497 e. The van der Waals surface area contributed by atoms with Crippen LogP contribution in [-0.4, -0.2) is 20.2 Å². The van der Waals surface area contributed by atoms with Crippen LogP contribution < -0.4 is 9.47 Å². The van der Waals surface area contributed by atoms with Gasteiger partial charge in [-0.1, -0.05) is 19.3 Å². The first-order valence-electron chi connectivity index (χ1n) is 6.69. The quantitative estimate of drug-likeness (QED) is 0.611. The molecule has 5 nitrogen and oxygen atoms in total. The van der Waals surface area contributed by atoms with Crippen LogP contribution in [0.2, 0.25) is 0 Å². The number of ether oxygens (including phenoxy) is 2.